The lowest BCUT2D eigenvalue weighted by Gasteiger charge is -2.04. The van der Waals surface area contributed by atoms with Crippen LogP contribution in [0.15, 0.2) is 0 Å². The van der Waals surface area contributed by atoms with Crippen LogP contribution in [0.2, 0.25) is 0 Å². The molecule has 2 N–H and O–H groups in total. The highest BCUT2D eigenvalue weighted by atomic mass is 35.5. The minimum absolute atomic E-state index is 0.137. The summed E-state index contributed by atoms with van der Waals surface area (Å²) < 4.78 is 0. The smallest absolute Gasteiger partial charge is 0.0951 e. The van der Waals surface area contributed by atoms with Gasteiger partial charge in [0.15, 0.2) is 0 Å². The zero-order chi connectivity index (χ0) is 5.82. The average molecular weight is 135 g/mol. The fraction of sp³-hybridized carbons (Fsp3) is 1.00. The molecule has 8 heavy (non-hydrogen) atoms. The molecule has 0 aromatic heterocycles. The van der Waals surface area contributed by atoms with E-state index in [1.807, 2.05) is 0 Å². The van der Waals surface area contributed by atoms with Gasteiger partial charge in [-0.05, 0) is 19.3 Å². The summed E-state index contributed by atoms with van der Waals surface area (Å²) in [5, 5.41) is 0. The van der Waals surface area contributed by atoms with Crippen LogP contribution in [0.3, 0.4) is 0 Å². The number of rotatable bonds is 0. The van der Waals surface area contributed by atoms with Gasteiger partial charge in [-0.1, -0.05) is 0 Å². The van der Waals surface area contributed by atoms with Crippen molar-refractivity contribution in [1.82, 2.24) is 10.9 Å². The molecule has 1 heterocycles. The second-order valence-corrected chi connectivity index (χ2v) is 2.56. The number of nitrogens with one attached hydrogen (secondary N) is 2. The predicted molar refractivity (Wildman–Crippen MR) is 34.6 cm³/mol. The molecule has 0 spiro atoms. The van der Waals surface area contributed by atoms with Gasteiger partial charge in [-0.25, -0.2) is 5.43 Å². The molecule has 1 atom stereocenters. The zero-order valence-electron chi connectivity index (χ0n) is 4.78. The van der Waals surface area contributed by atoms with Crippen LogP contribution in [0.5, 0.6) is 0 Å². The van der Waals surface area contributed by atoms with Crippen molar-refractivity contribution in [3.05, 3.63) is 0 Å². The summed E-state index contributed by atoms with van der Waals surface area (Å²) in [5.41, 5.74) is 6.11. The summed E-state index contributed by atoms with van der Waals surface area (Å²) in [7, 11) is 0. The molecule has 2 nitrogen and oxygen atoms in total. The summed E-state index contributed by atoms with van der Waals surface area (Å²) in [5.74, 6) is 0. The van der Waals surface area contributed by atoms with Crippen molar-refractivity contribution < 1.29 is 0 Å². The molecule has 1 aliphatic rings. The molecule has 48 valence electrons. The van der Waals surface area contributed by atoms with Crippen molar-refractivity contribution in [2.24, 2.45) is 0 Å². The van der Waals surface area contributed by atoms with Gasteiger partial charge in [-0.3, -0.25) is 5.43 Å². The van der Waals surface area contributed by atoms with E-state index in [1.54, 1.807) is 0 Å². The summed E-state index contributed by atoms with van der Waals surface area (Å²) in [4.78, 5) is 0. The first-order chi connectivity index (χ1) is 3.89. The van der Waals surface area contributed by atoms with E-state index in [2.05, 4.69) is 10.9 Å². The zero-order valence-corrected chi connectivity index (χ0v) is 5.54. The maximum absolute atomic E-state index is 5.75. The van der Waals surface area contributed by atoms with E-state index in [9.17, 15) is 0 Å². The van der Waals surface area contributed by atoms with E-state index in [0.717, 1.165) is 13.0 Å². The van der Waals surface area contributed by atoms with E-state index in [0.29, 0.717) is 0 Å². The first kappa shape index (κ1) is 6.33. The van der Waals surface area contributed by atoms with Crippen LogP contribution in [-0.4, -0.2) is 12.0 Å². The summed E-state index contributed by atoms with van der Waals surface area (Å²) in [6.45, 7) is 1.04. The molecule has 0 aliphatic carbocycles. The molecule has 0 amide bonds. The minimum Gasteiger partial charge on any atom is -0.256 e. The van der Waals surface area contributed by atoms with Crippen molar-refractivity contribution in [2.45, 2.75) is 24.8 Å². The molecule has 0 saturated carbocycles. The maximum Gasteiger partial charge on any atom is 0.0951 e. The normalized spacial score (nSPS) is 31.9. The molecule has 1 rings (SSSR count). The summed E-state index contributed by atoms with van der Waals surface area (Å²) in [6, 6.07) is 0. The molecule has 0 radical (unpaired) electrons. The molecule has 1 unspecified atom stereocenters. The summed E-state index contributed by atoms with van der Waals surface area (Å²) >= 11 is 5.75. The molecular weight excluding hydrogens is 124 g/mol. The molecule has 1 aliphatic heterocycles. The lowest BCUT2D eigenvalue weighted by molar-refractivity contribution is 0.541. The van der Waals surface area contributed by atoms with Crippen LogP contribution in [0.4, 0.5) is 0 Å². The second-order valence-electron chi connectivity index (χ2n) is 2.03. The lowest BCUT2D eigenvalue weighted by Crippen LogP contribution is -2.35. The van der Waals surface area contributed by atoms with Crippen molar-refractivity contribution in [3.63, 3.8) is 0 Å². The number of hydrogen-bond acceptors (Lipinski definition) is 2. The van der Waals surface area contributed by atoms with Crippen LogP contribution in [0.25, 0.3) is 0 Å². The third-order valence-electron chi connectivity index (χ3n) is 1.27. The van der Waals surface area contributed by atoms with Gasteiger partial charge in [-0.2, -0.15) is 0 Å². The van der Waals surface area contributed by atoms with E-state index >= 15 is 0 Å². The van der Waals surface area contributed by atoms with Crippen molar-refractivity contribution in [2.75, 3.05) is 6.54 Å². The quantitative estimate of drug-likeness (QED) is 0.379. The predicted octanol–water partition coefficient (Wildman–Crippen LogP) is 0.829. The van der Waals surface area contributed by atoms with E-state index in [1.165, 1.54) is 12.8 Å². The third kappa shape index (κ3) is 1.99. The van der Waals surface area contributed by atoms with Crippen molar-refractivity contribution >= 4 is 11.6 Å². The Morgan fingerprint density at radius 1 is 1.38 bits per heavy atom. The third-order valence-corrected chi connectivity index (χ3v) is 1.60. The Hall–Kier alpha value is 0.210. The summed E-state index contributed by atoms with van der Waals surface area (Å²) in [6.07, 6.45) is 3.54. The first-order valence-electron chi connectivity index (χ1n) is 3.02. The van der Waals surface area contributed by atoms with Gasteiger partial charge in [0, 0.05) is 6.54 Å². The Labute approximate surface area is 54.6 Å². The van der Waals surface area contributed by atoms with Gasteiger partial charge in [0.1, 0.15) is 0 Å². The second kappa shape index (κ2) is 3.28. The topological polar surface area (TPSA) is 24.1 Å². The van der Waals surface area contributed by atoms with Gasteiger partial charge in [0.2, 0.25) is 0 Å². The highest BCUT2D eigenvalue weighted by molar-refractivity contribution is 6.20. The molecular formula is C5H11ClN2. The SMILES string of the molecule is ClC1CCCCNN1. The van der Waals surface area contributed by atoms with Crippen molar-refractivity contribution in [3.8, 4) is 0 Å². The Morgan fingerprint density at radius 3 is 3.12 bits per heavy atom. The van der Waals surface area contributed by atoms with Crippen molar-refractivity contribution in [1.29, 1.82) is 0 Å². The fourth-order valence-electron chi connectivity index (χ4n) is 0.792. The van der Waals surface area contributed by atoms with Crippen LogP contribution in [-0.2, 0) is 0 Å². The average Bonchev–Trinajstić information content (AvgIpc) is 1.94. The largest absolute Gasteiger partial charge is 0.256 e. The minimum atomic E-state index is 0.137. The highest BCUT2D eigenvalue weighted by Gasteiger charge is 2.05. The Morgan fingerprint density at radius 2 is 2.25 bits per heavy atom. The number of alkyl halides is 1. The standard InChI is InChI=1S/C5H11ClN2/c6-5-3-1-2-4-7-8-5/h5,7-8H,1-4H2. The van der Waals surface area contributed by atoms with Gasteiger partial charge in [-0.15, -0.1) is 11.6 Å². The van der Waals surface area contributed by atoms with Gasteiger partial charge < -0.3 is 0 Å². The molecule has 1 fully saturated rings. The Balaban J connectivity index is 2.17. The number of hydrogen-bond donors (Lipinski definition) is 2. The molecule has 0 aromatic rings. The Bertz CT molecular complexity index is 59.4. The van der Waals surface area contributed by atoms with Crippen LogP contribution in [0, 0.1) is 0 Å². The van der Waals surface area contributed by atoms with Gasteiger partial charge in [0.05, 0.1) is 5.50 Å². The van der Waals surface area contributed by atoms with Gasteiger partial charge >= 0.3 is 0 Å². The van der Waals surface area contributed by atoms with Crippen LogP contribution < -0.4 is 10.9 Å². The lowest BCUT2D eigenvalue weighted by atomic mass is 10.2. The monoisotopic (exact) mass is 134 g/mol. The fourth-order valence-corrected chi connectivity index (χ4v) is 1.02. The molecule has 3 heteroatoms. The van der Waals surface area contributed by atoms with Gasteiger partial charge in [0.25, 0.3) is 0 Å². The first-order valence-corrected chi connectivity index (χ1v) is 3.46. The van der Waals surface area contributed by atoms with E-state index < -0.39 is 0 Å². The van der Waals surface area contributed by atoms with Crippen LogP contribution >= 0.6 is 11.6 Å². The van der Waals surface area contributed by atoms with Crippen LogP contribution in [0.1, 0.15) is 19.3 Å². The Kier molecular flexibility index (Phi) is 2.59. The number of halogens is 1. The molecule has 0 aromatic carbocycles. The highest BCUT2D eigenvalue weighted by Crippen LogP contribution is 2.05. The van der Waals surface area contributed by atoms with E-state index in [-0.39, 0.29) is 5.50 Å². The molecule has 1 saturated heterocycles. The molecule has 0 bridgehead atoms. The maximum atomic E-state index is 5.75. The van der Waals surface area contributed by atoms with E-state index in [4.69, 9.17) is 11.6 Å². The number of hydrazine groups is 1.